The average Bonchev–Trinajstić information content (AvgIpc) is 3.29. The molecule has 0 saturated heterocycles. The van der Waals surface area contributed by atoms with E-state index in [-0.39, 0.29) is 23.9 Å². The minimum atomic E-state index is -4.79. The summed E-state index contributed by atoms with van der Waals surface area (Å²) in [5.74, 6) is -0.682. The highest BCUT2D eigenvalue weighted by Gasteiger charge is 2.31. The first-order valence-electron chi connectivity index (χ1n) is 8.87. The molecular weight excluding hydrogens is 401 g/mol. The van der Waals surface area contributed by atoms with Crippen molar-refractivity contribution in [3.63, 3.8) is 0 Å². The van der Waals surface area contributed by atoms with Crippen LogP contribution in [0, 0.1) is 0 Å². The first-order valence-corrected chi connectivity index (χ1v) is 8.87. The zero-order valence-corrected chi connectivity index (χ0v) is 15.4. The molecule has 0 radical (unpaired) electrons. The fourth-order valence-corrected chi connectivity index (χ4v) is 2.97. The highest BCUT2D eigenvalue weighted by Crippen LogP contribution is 2.23. The number of fused-ring (bicyclic) bond motifs is 1. The van der Waals surface area contributed by atoms with Crippen molar-refractivity contribution in [2.75, 3.05) is 0 Å². The zero-order chi connectivity index (χ0) is 21.1. The molecule has 0 fully saturated rings. The molecule has 7 nitrogen and oxygen atoms in total. The van der Waals surface area contributed by atoms with Gasteiger partial charge in [0, 0.05) is 13.0 Å². The third-order valence-electron chi connectivity index (χ3n) is 4.23. The van der Waals surface area contributed by atoms with Crippen LogP contribution < -0.4 is 10.1 Å². The van der Waals surface area contributed by atoms with Crippen LogP contribution >= 0.6 is 0 Å². The van der Waals surface area contributed by atoms with E-state index in [0.717, 1.165) is 5.56 Å². The molecule has 0 atom stereocenters. The average molecular weight is 416 g/mol. The number of benzene rings is 2. The second kappa shape index (κ2) is 7.90. The molecule has 4 aromatic rings. The summed E-state index contributed by atoms with van der Waals surface area (Å²) in [6.07, 6.45) is -3.08. The van der Waals surface area contributed by atoms with Crippen LogP contribution in [0.4, 0.5) is 13.2 Å². The number of halogens is 3. The van der Waals surface area contributed by atoms with Gasteiger partial charge in [0.15, 0.2) is 0 Å². The van der Waals surface area contributed by atoms with Crippen molar-refractivity contribution in [2.24, 2.45) is 0 Å². The number of hydrogen-bond acceptors (Lipinski definition) is 5. The summed E-state index contributed by atoms with van der Waals surface area (Å²) in [7, 11) is 0. The Hall–Kier alpha value is -3.82. The summed E-state index contributed by atoms with van der Waals surface area (Å²) in [4.78, 5) is 16.7. The van der Waals surface area contributed by atoms with E-state index in [1.54, 1.807) is 6.07 Å². The molecule has 0 aliphatic heterocycles. The van der Waals surface area contributed by atoms with Crippen LogP contribution in [0.1, 0.15) is 27.4 Å². The molecule has 10 heteroatoms. The van der Waals surface area contributed by atoms with Gasteiger partial charge in [0.25, 0.3) is 5.91 Å². The lowest BCUT2D eigenvalue weighted by atomic mass is 10.1. The van der Waals surface area contributed by atoms with Gasteiger partial charge in [-0.1, -0.05) is 42.5 Å². The van der Waals surface area contributed by atoms with Crippen LogP contribution in [-0.2, 0) is 13.0 Å². The molecule has 154 valence electrons. The number of nitrogens with one attached hydrogen (secondary N) is 1. The van der Waals surface area contributed by atoms with Crippen LogP contribution in [-0.4, -0.2) is 26.9 Å². The zero-order valence-electron chi connectivity index (χ0n) is 15.4. The summed E-state index contributed by atoms with van der Waals surface area (Å²) < 4.78 is 48.0. The fourth-order valence-electron chi connectivity index (χ4n) is 2.97. The Morgan fingerprint density at radius 2 is 1.87 bits per heavy atom. The molecule has 30 heavy (non-hydrogen) atoms. The van der Waals surface area contributed by atoms with Gasteiger partial charge in [-0.15, -0.1) is 13.2 Å². The molecule has 0 aliphatic rings. The number of ether oxygens (including phenoxy) is 1. The molecule has 2 aromatic carbocycles. The smallest absolute Gasteiger partial charge is 0.416 e. The van der Waals surface area contributed by atoms with Crippen LogP contribution in [0.5, 0.6) is 5.75 Å². The van der Waals surface area contributed by atoms with Crippen molar-refractivity contribution >= 4 is 11.8 Å². The predicted octanol–water partition coefficient (Wildman–Crippen LogP) is 3.74. The Labute approximate surface area is 168 Å². The molecule has 1 amide bonds. The van der Waals surface area contributed by atoms with Crippen LogP contribution in [0.15, 0.2) is 65.3 Å². The normalized spacial score (nSPS) is 11.6. The highest BCUT2D eigenvalue weighted by molar-refractivity contribution is 5.93. The quantitative estimate of drug-likeness (QED) is 0.518. The summed E-state index contributed by atoms with van der Waals surface area (Å²) >= 11 is 0. The van der Waals surface area contributed by atoms with Crippen molar-refractivity contribution in [1.29, 1.82) is 0 Å². The third-order valence-corrected chi connectivity index (χ3v) is 4.23. The maximum atomic E-state index is 12.7. The number of rotatable bonds is 6. The summed E-state index contributed by atoms with van der Waals surface area (Å²) in [6.45, 7) is -0.0187. The second-order valence-electron chi connectivity index (χ2n) is 6.37. The SMILES string of the molecule is O=C(NCc1cccc(OC(F)(F)F)c1)c1oc2ncnn2c1Cc1ccccc1. The highest BCUT2D eigenvalue weighted by atomic mass is 19.4. The van der Waals surface area contributed by atoms with Gasteiger partial charge in [-0.3, -0.25) is 4.79 Å². The van der Waals surface area contributed by atoms with E-state index >= 15 is 0 Å². The molecular formula is C20H15F3N4O3. The van der Waals surface area contributed by atoms with E-state index in [9.17, 15) is 18.0 Å². The lowest BCUT2D eigenvalue weighted by Crippen LogP contribution is -2.24. The Kier molecular flexibility index (Phi) is 5.13. The van der Waals surface area contributed by atoms with Gasteiger partial charge in [0.1, 0.15) is 17.8 Å². The lowest BCUT2D eigenvalue weighted by molar-refractivity contribution is -0.274. The maximum Gasteiger partial charge on any atom is 0.573 e. The van der Waals surface area contributed by atoms with Gasteiger partial charge in [0.2, 0.25) is 5.76 Å². The first kappa shape index (κ1) is 19.5. The Morgan fingerprint density at radius 3 is 2.63 bits per heavy atom. The lowest BCUT2D eigenvalue weighted by Gasteiger charge is -2.10. The van der Waals surface area contributed by atoms with E-state index in [0.29, 0.717) is 17.7 Å². The Morgan fingerprint density at radius 1 is 1.10 bits per heavy atom. The predicted molar refractivity (Wildman–Crippen MR) is 98.8 cm³/mol. The van der Waals surface area contributed by atoms with Crippen molar-refractivity contribution in [3.05, 3.63) is 83.5 Å². The van der Waals surface area contributed by atoms with Gasteiger partial charge in [-0.2, -0.15) is 14.6 Å². The van der Waals surface area contributed by atoms with Crippen LogP contribution in [0.3, 0.4) is 0 Å². The number of alkyl halides is 3. The molecule has 2 aromatic heterocycles. The minimum absolute atomic E-state index is 0.0187. The summed E-state index contributed by atoms with van der Waals surface area (Å²) in [6, 6.07) is 14.8. The molecule has 0 unspecified atom stereocenters. The fraction of sp³-hybridized carbons (Fsp3) is 0.150. The minimum Gasteiger partial charge on any atom is -0.416 e. The number of nitrogens with zero attached hydrogens (tertiary/aromatic N) is 3. The van der Waals surface area contributed by atoms with E-state index in [2.05, 4.69) is 20.1 Å². The number of carbonyl (C=O) groups is 1. The summed E-state index contributed by atoms with van der Waals surface area (Å²) in [5.41, 5.74) is 1.89. The number of carbonyl (C=O) groups excluding carboxylic acids is 1. The van der Waals surface area contributed by atoms with Gasteiger partial charge >= 0.3 is 12.2 Å². The standard InChI is InChI=1S/C20H15F3N4O3/c21-20(22,23)30-15-8-4-7-14(9-15)11-24-18(28)17-16(10-13-5-2-1-3-6-13)27-19(29-17)25-12-26-27/h1-9,12H,10-11H2,(H,24,28). The number of hydrogen-bond donors (Lipinski definition) is 1. The molecule has 0 spiro atoms. The third kappa shape index (κ3) is 4.43. The van der Waals surface area contributed by atoms with Gasteiger partial charge in [-0.25, -0.2) is 0 Å². The molecule has 0 saturated carbocycles. The first-order chi connectivity index (χ1) is 14.4. The number of oxazole rings is 1. The summed E-state index contributed by atoms with van der Waals surface area (Å²) in [5, 5.41) is 6.73. The van der Waals surface area contributed by atoms with Gasteiger partial charge in [-0.05, 0) is 23.3 Å². The molecule has 0 aliphatic carbocycles. The van der Waals surface area contributed by atoms with E-state index in [1.807, 2.05) is 30.3 Å². The van der Waals surface area contributed by atoms with Crippen molar-refractivity contribution in [3.8, 4) is 5.75 Å². The Bertz CT molecular complexity index is 1170. The monoisotopic (exact) mass is 416 g/mol. The maximum absolute atomic E-state index is 12.7. The number of amides is 1. The molecule has 1 N–H and O–H groups in total. The topological polar surface area (TPSA) is 81.7 Å². The van der Waals surface area contributed by atoms with Crippen molar-refractivity contribution in [1.82, 2.24) is 19.9 Å². The Balaban J connectivity index is 1.52. The van der Waals surface area contributed by atoms with Crippen LogP contribution in [0.25, 0.3) is 5.84 Å². The van der Waals surface area contributed by atoms with Gasteiger partial charge in [0.05, 0.1) is 0 Å². The second-order valence-corrected chi connectivity index (χ2v) is 6.37. The molecule has 2 heterocycles. The van der Waals surface area contributed by atoms with Crippen molar-refractivity contribution in [2.45, 2.75) is 19.3 Å². The van der Waals surface area contributed by atoms with Crippen molar-refractivity contribution < 1.29 is 27.1 Å². The molecule has 0 bridgehead atoms. The van der Waals surface area contributed by atoms with Gasteiger partial charge < -0.3 is 14.5 Å². The molecule has 4 rings (SSSR count). The van der Waals surface area contributed by atoms with E-state index in [4.69, 9.17) is 4.42 Å². The van der Waals surface area contributed by atoms with E-state index in [1.165, 1.54) is 29.0 Å². The largest absolute Gasteiger partial charge is 0.573 e. The number of aromatic nitrogens is 3. The van der Waals surface area contributed by atoms with Crippen LogP contribution in [0.2, 0.25) is 0 Å². The van der Waals surface area contributed by atoms with E-state index < -0.39 is 12.3 Å².